The number of aryl methyl sites for hydroxylation is 1. The Kier molecular flexibility index (Phi) is 1.39. The molecule has 0 spiro atoms. The molecule has 0 aliphatic heterocycles. The van der Waals surface area contributed by atoms with E-state index in [4.69, 9.17) is 0 Å². The van der Waals surface area contributed by atoms with Crippen LogP contribution < -0.4 is 0 Å². The van der Waals surface area contributed by atoms with Gasteiger partial charge in [0.1, 0.15) is 0 Å². The molecule has 11 heavy (non-hydrogen) atoms. The first-order valence-corrected chi connectivity index (χ1v) is 3.81. The number of nitrogens with zero attached hydrogens (tertiary/aromatic N) is 2. The summed E-state index contributed by atoms with van der Waals surface area (Å²) in [5.74, 6) is 0. The van der Waals surface area contributed by atoms with Crippen molar-refractivity contribution in [1.82, 2.24) is 9.38 Å². The van der Waals surface area contributed by atoms with Gasteiger partial charge in [-0.25, -0.2) is 4.98 Å². The molecule has 2 aromatic rings. The van der Waals surface area contributed by atoms with Crippen molar-refractivity contribution in [3.63, 3.8) is 0 Å². The van der Waals surface area contributed by atoms with E-state index in [0.29, 0.717) is 0 Å². The standard InChI is InChI=1S/C9H10N2/c1-2-8-4-3-5-11-7-10-6-9(8)11/h3-7H,2H2,1H3. The highest BCUT2D eigenvalue weighted by Crippen LogP contribution is 2.09. The topological polar surface area (TPSA) is 17.3 Å². The van der Waals surface area contributed by atoms with Crippen LogP contribution in [-0.4, -0.2) is 9.38 Å². The van der Waals surface area contributed by atoms with Gasteiger partial charge in [0.15, 0.2) is 0 Å². The summed E-state index contributed by atoms with van der Waals surface area (Å²) in [5, 5.41) is 0. The molecule has 0 amide bonds. The van der Waals surface area contributed by atoms with Gasteiger partial charge in [0.2, 0.25) is 0 Å². The molecule has 0 saturated heterocycles. The third-order valence-electron chi connectivity index (χ3n) is 1.92. The lowest BCUT2D eigenvalue weighted by Crippen LogP contribution is -1.86. The third-order valence-corrected chi connectivity index (χ3v) is 1.92. The van der Waals surface area contributed by atoms with Crippen LogP contribution in [0.4, 0.5) is 0 Å². The van der Waals surface area contributed by atoms with Crippen molar-refractivity contribution in [1.29, 1.82) is 0 Å². The Bertz CT molecular complexity index is 362. The van der Waals surface area contributed by atoms with E-state index in [2.05, 4.69) is 18.0 Å². The summed E-state index contributed by atoms with van der Waals surface area (Å²) in [7, 11) is 0. The number of hydrogen-bond acceptors (Lipinski definition) is 1. The number of fused-ring (bicyclic) bond motifs is 1. The van der Waals surface area contributed by atoms with E-state index in [1.807, 2.05) is 29.2 Å². The van der Waals surface area contributed by atoms with Crippen LogP contribution in [0, 0.1) is 0 Å². The van der Waals surface area contributed by atoms with Gasteiger partial charge in [-0.3, -0.25) is 0 Å². The van der Waals surface area contributed by atoms with Gasteiger partial charge in [0, 0.05) is 6.20 Å². The van der Waals surface area contributed by atoms with Crippen LogP contribution in [0.5, 0.6) is 0 Å². The Morgan fingerprint density at radius 1 is 1.55 bits per heavy atom. The zero-order chi connectivity index (χ0) is 7.68. The lowest BCUT2D eigenvalue weighted by Gasteiger charge is -1.98. The van der Waals surface area contributed by atoms with Crippen LogP contribution >= 0.6 is 0 Å². The van der Waals surface area contributed by atoms with Gasteiger partial charge in [-0.2, -0.15) is 0 Å². The minimum Gasteiger partial charge on any atom is -0.306 e. The molecular weight excluding hydrogens is 136 g/mol. The number of imidazole rings is 1. The zero-order valence-electron chi connectivity index (χ0n) is 6.49. The first-order valence-electron chi connectivity index (χ1n) is 3.81. The highest BCUT2D eigenvalue weighted by atomic mass is 15.0. The Hall–Kier alpha value is -1.31. The normalized spacial score (nSPS) is 10.6. The molecule has 2 rings (SSSR count). The fraction of sp³-hybridized carbons (Fsp3) is 0.222. The average Bonchev–Trinajstić information content (AvgIpc) is 2.50. The molecule has 0 aliphatic rings. The van der Waals surface area contributed by atoms with Crippen molar-refractivity contribution in [3.8, 4) is 0 Å². The molecule has 0 N–H and O–H groups in total. The number of pyridine rings is 1. The molecule has 2 heterocycles. The van der Waals surface area contributed by atoms with E-state index in [0.717, 1.165) is 6.42 Å². The molecule has 2 aromatic heterocycles. The highest BCUT2D eigenvalue weighted by Gasteiger charge is 1.96. The summed E-state index contributed by atoms with van der Waals surface area (Å²) in [5.41, 5.74) is 2.57. The maximum absolute atomic E-state index is 4.07. The maximum Gasteiger partial charge on any atom is 0.0992 e. The lowest BCUT2D eigenvalue weighted by atomic mass is 10.2. The van der Waals surface area contributed by atoms with Crippen molar-refractivity contribution in [2.75, 3.05) is 0 Å². The van der Waals surface area contributed by atoms with Crippen molar-refractivity contribution in [2.45, 2.75) is 13.3 Å². The second-order valence-electron chi connectivity index (χ2n) is 2.57. The molecule has 0 radical (unpaired) electrons. The quantitative estimate of drug-likeness (QED) is 0.600. The summed E-state index contributed by atoms with van der Waals surface area (Å²) in [6.45, 7) is 2.16. The van der Waals surface area contributed by atoms with E-state index in [1.165, 1.54) is 11.1 Å². The van der Waals surface area contributed by atoms with Crippen molar-refractivity contribution < 1.29 is 0 Å². The van der Waals surface area contributed by atoms with Gasteiger partial charge in [-0.05, 0) is 18.1 Å². The highest BCUT2D eigenvalue weighted by molar-refractivity contribution is 5.52. The van der Waals surface area contributed by atoms with Crippen molar-refractivity contribution >= 4 is 5.52 Å². The predicted octanol–water partition coefficient (Wildman–Crippen LogP) is 1.90. The van der Waals surface area contributed by atoms with E-state index in [1.54, 1.807) is 0 Å². The van der Waals surface area contributed by atoms with Crippen LogP contribution in [0.25, 0.3) is 5.52 Å². The molecule has 56 valence electrons. The fourth-order valence-corrected chi connectivity index (χ4v) is 1.31. The molecule has 0 bridgehead atoms. The van der Waals surface area contributed by atoms with Gasteiger partial charge in [-0.1, -0.05) is 13.0 Å². The molecule has 0 unspecified atom stereocenters. The number of aromatic nitrogens is 2. The monoisotopic (exact) mass is 146 g/mol. The van der Waals surface area contributed by atoms with Crippen LogP contribution in [0.3, 0.4) is 0 Å². The van der Waals surface area contributed by atoms with Crippen molar-refractivity contribution in [3.05, 3.63) is 36.4 Å². The molecule has 0 atom stereocenters. The minimum atomic E-state index is 1.07. The molecule has 0 fully saturated rings. The molecule has 2 nitrogen and oxygen atoms in total. The minimum absolute atomic E-state index is 1.07. The number of rotatable bonds is 1. The summed E-state index contributed by atoms with van der Waals surface area (Å²) in [4.78, 5) is 4.07. The fourth-order valence-electron chi connectivity index (χ4n) is 1.31. The second kappa shape index (κ2) is 2.38. The van der Waals surface area contributed by atoms with Crippen molar-refractivity contribution in [2.24, 2.45) is 0 Å². The molecular formula is C9H10N2. The lowest BCUT2D eigenvalue weighted by molar-refractivity contribution is 1.09. The van der Waals surface area contributed by atoms with E-state index < -0.39 is 0 Å². The Morgan fingerprint density at radius 3 is 3.27 bits per heavy atom. The maximum atomic E-state index is 4.07. The molecule has 0 aliphatic carbocycles. The van der Waals surface area contributed by atoms with Gasteiger partial charge < -0.3 is 4.40 Å². The predicted molar refractivity (Wildman–Crippen MR) is 44.6 cm³/mol. The zero-order valence-corrected chi connectivity index (χ0v) is 6.49. The average molecular weight is 146 g/mol. The largest absolute Gasteiger partial charge is 0.306 e. The van der Waals surface area contributed by atoms with E-state index in [9.17, 15) is 0 Å². The molecule has 0 aromatic carbocycles. The molecule has 2 heteroatoms. The van der Waals surface area contributed by atoms with Crippen LogP contribution in [0.15, 0.2) is 30.9 Å². The Balaban J connectivity index is 2.79. The van der Waals surface area contributed by atoms with E-state index >= 15 is 0 Å². The van der Waals surface area contributed by atoms with Crippen LogP contribution in [0.1, 0.15) is 12.5 Å². The summed E-state index contributed by atoms with van der Waals surface area (Å²) in [6, 6.07) is 4.19. The first-order chi connectivity index (χ1) is 5.42. The Morgan fingerprint density at radius 2 is 2.45 bits per heavy atom. The first kappa shape index (κ1) is 6.40. The van der Waals surface area contributed by atoms with Gasteiger partial charge in [-0.15, -0.1) is 0 Å². The summed E-state index contributed by atoms with van der Waals surface area (Å²) >= 11 is 0. The van der Waals surface area contributed by atoms with Gasteiger partial charge >= 0.3 is 0 Å². The summed E-state index contributed by atoms with van der Waals surface area (Å²) in [6.07, 6.45) is 6.81. The third kappa shape index (κ3) is 0.909. The van der Waals surface area contributed by atoms with Gasteiger partial charge in [0.05, 0.1) is 18.0 Å². The van der Waals surface area contributed by atoms with Crippen LogP contribution in [-0.2, 0) is 6.42 Å². The second-order valence-corrected chi connectivity index (χ2v) is 2.57. The number of hydrogen-bond donors (Lipinski definition) is 0. The smallest absolute Gasteiger partial charge is 0.0992 e. The SMILES string of the molecule is CCc1cccn2cncc12. The van der Waals surface area contributed by atoms with Crippen LogP contribution in [0.2, 0.25) is 0 Å². The molecule has 0 saturated carbocycles. The Labute approximate surface area is 65.5 Å². The van der Waals surface area contributed by atoms with Gasteiger partial charge in [0.25, 0.3) is 0 Å². The van der Waals surface area contributed by atoms with E-state index in [-0.39, 0.29) is 0 Å². The summed E-state index contributed by atoms with van der Waals surface area (Å²) < 4.78 is 2.04.